The van der Waals surface area contributed by atoms with E-state index in [9.17, 15) is 39.0 Å². The topological polar surface area (TPSA) is 204 Å². The van der Waals surface area contributed by atoms with Crippen molar-refractivity contribution in [2.24, 2.45) is 0 Å². The average Bonchev–Trinajstić information content (AvgIpc) is 2.86. The van der Waals surface area contributed by atoms with E-state index in [4.69, 9.17) is 18.9 Å². The predicted molar refractivity (Wildman–Crippen MR) is 163 cm³/mol. The summed E-state index contributed by atoms with van der Waals surface area (Å²) in [6.07, 6.45) is -4.29. The molecular formula is C23H27I3N2O12. The molecule has 0 heterocycles. The van der Waals surface area contributed by atoms with Gasteiger partial charge in [0, 0.05) is 41.3 Å². The van der Waals surface area contributed by atoms with Gasteiger partial charge in [-0.25, -0.2) is 0 Å². The lowest BCUT2D eigenvalue weighted by Crippen LogP contribution is -2.38. The number of aliphatic hydroxyl groups is 2. The normalized spacial score (nSPS) is 12.8. The summed E-state index contributed by atoms with van der Waals surface area (Å²) in [6.45, 7) is 2.69. The van der Waals surface area contributed by atoms with Crippen molar-refractivity contribution in [3.8, 4) is 0 Å². The highest BCUT2D eigenvalue weighted by Crippen LogP contribution is 2.39. The second-order valence-corrected chi connectivity index (χ2v) is 11.2. The minimum Gasteiger partial charge on any atom is -0.461 e. The molecule has 0 aliphatic carbocycles. The van der Waals surface area contributed by atoms with E-state index in [-0.39, 0.29) is 17.8 Å². The zero-order valence-electron chi connectivity index (χ0n) is 21.7. The monoisotopic (exact) mass is 904 g/mol. The second-order valence-electron chi connectivity index (χ2n) is 7.99. The van der Waals surface area contributed by atoms with Crippen molar-refractivity contribution >= 4 is 115 Å². The Kier molecular flexibility index (Phi) is 15.5. The summed E-state index contributed by atoms with van der Waals surface area (Å²) in [5, 5.41) is 24.8. The molecule has 1 aromatic carbocycles. The van der Waals surface area contributed by atoms with Crippen LogP contribution in [0.15, 0.2) is 0 Å². The number of carbonyl (C=O) groups excluding carboxylic acids is 6. The molecule has 0 aliphatic heterocycles. The smallest absolute Gasteiger partial charge is 0.303 e. The number of aliphatic hydroxyl groups excluding tert-OH is 2. The first-order valence-corrected chi connectivity index (χ1v) is 14.5. The molecular weight excluding hydrogens is 877 g/mol. The van der Waals surface area contributed by atoms with E-state index in [0.717, 1.165) is 27.7 Å². The van der Waals surface area contributed by atoms with Gasteiger partial charge in [0.2, 0.25) is 12.2 Å². The van der Waals surface area contributed by atoms with Crippen LogP contribution in [0.4, 0.5) is 11.4 Å². The Morgan fingerprint density at radius 2 is 1.07 bits per heavy atom. The number of hydrogen-bond acceptors (Lipinski definition) is 12. The minimum absolute atomic E-state index is 0.0860. The van der Waals surface area contributed by atoms with Gasteiger partial charge in [-0.1, -0.05) is 0 Å². The quantitative estimate of drug-likeness (QED) is 0.126. The van der Waals surface area contributed by atoms with Gasteiger partial charge in [-0.2, -0.15) is 0 Å². The van der Waals surface area contributed by atoms with Crippen LogP contribution in [-0.2, 0) is 54.1 Å². The molecule has 0 bridgehead atoms. The van der Waals surface area contributed by atoms with Gasteiger partial charge >= 0.3 is 23.9 Å². The molecule has 1 aromatic rings. The van der Waals surface area contributed by atoms with E-state index in [1.807, 2.05) is 67.8 Å². The molecule has 14 nitrogen and oxygen atoms in total. The van der Waals surface area contributed by atoms with Gasteiger partial charge in [0.25, 0.3) is 11.8 Å². The molecule has 1 rings (SSSR count). The molecule has 0 spiro atoms. The maximum atomic E-state index is 13.1. The van der Waals surface area contributed by atoms with Gasteiger partial charge in [0.1, 0.15) is 13.2 Å². The van der Waals surface area contributed by atoms with Gasteiger partial charge in [-0.05, 0) is 73.3 Å². The number of carbonyl (C=O) groups is 6. The average molecular weight is 904 g/mol. The lowest BCUT2D eigenvalue weighted by Gasteiger charge is -2.24. The van der Waals surface area contributed by atoms with E-state index in [0.29, 0.717) is 16.3 Å². The van der Waals surface area contributed by atoms with Crippen molar-refractivity contribution in [1.29, 1.82) is 0 Å². The number of ether oxygens (including phenoxy) is 4. The Morgan fingerprint density at radius 1 is 0.700 bits per heavy atom. The van der Waals surface area contributed by atoms with Crippen LogP contribution < -0.4 is 10.6 Å². The second kappa shape index (κ2) is 17.2. The van der Waals surface area contributed by atoms with Crippen LogP contribution in [0, 0.1) is 10.7 Å². The lowest BCUT2D eigenvalue weighted by atomic mass is 10.1. The Balaban J connectivity index is 3.59. The molecule has 4 N–H and O–H groups in total. The Bertz CT molecular complexity index is 1080. The molecule has 0 saturated heterocycles. The first kappa shape index (κ1) is 36.2. The van der Waals surface area contributed by atoms with Gasteiger partial charge in [-0.15, -0.1) is 0 Å². The fourth-order valence-electron chi connectivity index (χ4n) is 2.94. The van der Waals surface area contributed by atoms with Crippen molar-refractivity contribution < 1.29 is 57.9 Å². The van der Waals surface area contributed by atoms with Crippen molar-refractivity contribution in [2.45, 2.75) is 52.4 Å². The maximum absolute atomic E-state index is 13.1. The summed E-state index contributed by atoms with van der Waals surface area (Å²) in [6, 6.07) is 0. The first-order chi connectivity index (χ1) is 18.6. The summed E-state index contributed by atoms with van der Waals surface area (Å²) < 4.78 is 20.8. The standard InChI is InChI=1S/C23H27I3N2O12/c1-9(30)37-7-15(39-11(3)32)22(35)27-20-17(24)14(5-13(34)6-29)18(25)21(19(20)26)28-23(36)16(40-12(4)33)8-38-10(2)31/h13,15-16,29,34H,5-8H2,1-4H3,(H,27,35)(H,28,36). The number of rotatable bonds is 13. The summed E-state index contributed by atoms with van der Waals surface area (Å²) in [5.74, 6) is -4.72. The third-order valence-corrected chi connectivity index (χ3v) is 8.09. The summed E-state index contributed by atoms with van der Waals surface area (Å²) in [5.41, 5.74) is 0.721. The Morgan fingerprint density at radius 3 is 1.38 bits per heavy atom. The van der Waals surface area contributed by atoms with Crippen LogP contribution in [0.5, 0.6) is 0 Å². The SMILES string of the molecule is CC(=O)OCC(OC(C)=O)C(=O)Nc1c(I)c(CC(O)CO)c(I)c(NC(=O)C(COC(C)=O)OC(C)=O)c1I. The molecule has 0 aliphatic rings. The molecule has 222 valence electrons. The molecule has 3 atom stereocenters. The third kappa shape index (κ3) is 11.6. The summed E-state index contributed by atoms with van der Waals surface area (Å²) in [4.78, 5) is 71.7. The predicted octanol–water partition coefficient (Wildman–Crippen LogP) is 1.26. The number of anilines is 2. The molecule has 0 fully saturated rings. The molecule has 0 aromatic heterocycles. The number of benzene rings is 1. The third-order valence-electron chi connectivity index (χ3n) is 4.63. The molecule has 17 heteroatoms. The van der Waals surface area contributed by atoms with Crippen molar-refractivity contribution in [3.05, 3.63) is 16.3 Å². The zero-order chi connectivity index (χ0) is 30.7. The molecule has 40 heavy (non-hydrogen) atoms. The van der Waals surface area contributed by atoms with Gasteiger partial charge in [-0.3, -0.25) is 28.8 Å². The number of amides is 2. The summed E-state index contributed by atoms with van der Waals surface area (Å²) >= 11 is 5.66. The molecule has 3 unspecified atom stereocenters. The van der Waals surface area contributed by atoms with Crippen LogP contribution in [0.2, 0.25) is 0 Å². The number of halogens is 3. The minimum atomic E-state index is -1.51. The highest BCUT2D eigenvalue weighted by atomic mass is 127. The zero-order valence-corrected chi connectivity index (χ0v) is 28.1. The van der Waals surface area contributed by atoms with E-state index in [1.165, 1.54) is 0 Å². The van der Waals surface area contributed by atoms with Crippen molar-refractivity contribution in [1.82, 2.24) is 0 Å². The van der Waals surface area contributed by atoms with E-state index in [1.54, 1.807) is 0 Å². The van der Waals surface area contributed by atoms with E-state index in [2.05, 4.69) is 10.6 Å². The summed E-state index contributed by atoms with van der Waals surface area (Å²) in [7, 11) is 0. The largest absolute Gasteiger partial charge is 0.461 e. The number of esters is 4. The highest BCUT2D eigenvalue weighted by Gasteiger charge is 2.30. The van der Waals surface area contributed by atoms with Crippen LogP contribution in [0.3, 0.4) is 0 Å². The van der Waals surface area contributed by atoms with E-state index < -0.39 is 73.8 Å². The van der Waals surface area contributed by atoms with Crippen LogP contribution >= 0.6 is 67.8 Å². The van der Waals surface area contributed by atoms with Crippen LogP contribution in [0.25, 0.3) is 0 Å². The maximum Gasteiger partial charge on any atom is 0.303 e. The lowest BCUT2D eigenvalue weighted by molar-refractivity contribution is -0.160. The highest BCUT2D eigenvalue weighted by molar-refractivity contribution is 14.1. The molecule has 0 saturated carbocycles. The number of hydrogen-bond donors (Lipinski definition) is 4. The van der Waals surface area contributed by atoms with E-state index >= 15 is 0 Å². The Labute approximate surface area is 270 Å². The van der Waals surface area contributed by atoms with Gasteiger partial charge in [0.15, 0.2) is 0 Å². The fourth-order valence-corrected chi connectivity index (χ4v) is 7.08. The first-order valence-electron chi connectivity index (χ1n) is 11.3. The van der Waals surface area contributed by atoms with Crippen molar-refractivity contribution in [2.75, 3.05) is 30.5 Å². The molecule has 0 radical (unpaired) electrons. The van der Waals surface area contributed by atoms with Gasteiger partial charge in [0.05, 0.1) is 27.7 Å². The van der Waals surface area contributed by atoms with Crippen molar-refractivity contribution in [3.63, 3.8) is 0 Å². The fraction of sp³-hybridized carbons (Fsp3) is 0.478. The van der Waals surface area contributed by atoms with Crippen LogP contribution in [-0.4, -0.2) is 84.0 Å². The molecule has 2 amide bonds. The van der Waals surface area contributed by atoms with Crippen LogP contribution in [0.1, 0.15) is 33.3 Å². The number of nitrogens with one attached hydrogen (secondary N) is 2. The van der Waals surface area contributed by atoms with Gasteiger partial charge < -0.3 is 39.8 Å². The Hall–Kier alpha value is -1.85.